The summed E-state index contributed by atoms with van der Waals surface area (Å²) in [4.78, 5) is 11.1. The van der Waals surface area contributed by atoms with Crippen molar-refractivity contribution < 1.29 is 0 Å². The van der Waals surface area contributed by atoms with E-state index in [4.69, 9.17) is 0 Å². The van der Waals surface area contributed by atoms with Crippen LogP contribution in [0, 0.1) is 0 Å². The van der Waals surface area contributed by atoms with Gasteiger partial charge >= 0.3 is 0 Å². The summed E-state index contributed by atoms with van der Waals surface area (Å²) in [5.74, 6) is 1.94. The van der Waals surface area contributed by atoms with Crippen molar-refractivity contribution >= 4 is 11.6 Å². The van der Waals surface area contributed by atoms with Gasteiger partial charge < -0.3 is 4.90 Å². The highest BCUT2D eigenvalue weighted by molar-refractivity contribution is 5.55. The number of pyridine rings is 2. The molecule has 0 aliphatic carbocycles. The second-order valence-electron chi connectivity index (χ2n) is 4.59. The van der Waals surface area contributed by atoms with Gasteiger partial charge in [-0.05, 0) is 30.7 Å². The zero-order valence-corrected chi connectivity index (χ0v) is 11.5. The van der Waals surface area contributed by atoms with Gasteiger partial charge in [0.2, 0.25) is 0 Å². The van der Waals surface area contributed by atoms with Crippen LogP contribution in [-0.2, 0) is 0 Å². The van der Waals surface area contributed by atoms with Gasteiger partial charge in [0, 0.05) is 18.9 Å². The molecule has 0 N–H and O–H groups in total. The Bertz CT molecular complexity index is 416. The number of hydrogen-bond donors (Lipinski definition) is 0. The summed E-state index contributed by atoms with van der Waals surface area (Å²) in [6.07, 6.45) is 8.63. The van der Waals surface area contributed by atoms with E-state index in [0.717, 1.165) is 18.2 Å². The fraction of sp³-hybridized carbons (Fsp3) is 0.375. The maximum atomic E-state index is 4.44. The van der Waals surface area contributed by atoms with E-state index in [-0.39, 0.29) is 0 Å². The number of nitrogens with zero attached hydrogens (tertiary/aromatic N) is 3. The summed E-state index contributed by atoms with van der Waals surface area (Å²) in [6.45, 7) is 3.20. The molecular weight excluding hydrogens is 234 g/mol. The van der Waals surface area contributed by atoms with E-state index >= 15 is 0 Å². The van der Waals surface area contributed by atoms with Gasteiger partial charge in [-0.3, -0.25) is 0 Å². The molecule has 0 bridgehead atoms. The first-order chi connectivity index (χ1) is 9.42. The molecule has 0 atom stereocenters. The van der Waals surface area contributed by atoms with Crippen LogP contribution in [0.15, 0.2) is 48.8 Å². The molecule has 2 rings (SSSR count). The highest BCUT2D eigenvalue weighted by atomic mass is 15.2. The van der Waals surface area contributed by atoms with Crippen molar-refractivity contribution in [1.82, 2.24) is 9.97 Å². The third kappa shape index (κ3) is 4.05. The summed E-state index contributed by atoms with van der Waals surface area (Å²) in [5.41, 5.74) is 0. The van der Waals surface area contributed by atoms with Crippen LogP contribution in [0.3, 0.4) is 0 Å². The monoisotopic (exact) mass is 255 g/mol. The van der Waals surface area contributed by atoms with Crippen molar-refractivity contribution in [2.24, 2.45) is 0 Å². The summed E-state index contributed by atoms with van der Waals surface area (Å²) in [5, 5.41) is 0. The molecule has 19 heavy (non-hydrogen) atoms. The van der Waals surface area contributed by atoms with Crippen LogP contribution in [0.1, 0.15) is 32.6 Å². The fourth-order valence-electron chi connectivity index (χ4n) is 2.07. The maximum absolute atomic E-state index is 4.44. The Balaban J connectivity index is 2.10. The van der Waals surface area contributed by atoms with Gasteiger partial charge in [0.1, 0.15) is 11.6 Å². The second-order valence-corrected chi connectivity index (χ2v) is 4.59. The quantitative estimate of drug-likeness (QED) is 0.694. The fourth-order valence-corrected chi connectivity index (χ4v) is 2.07. The lowest BCUT2D eigenvalue weighted by Gasteiger charge is -2.22. The minimum Gasteiger partial charge on any atom is -0.311 e. The normalized spacial score (nSPS) is 10.4. The summed E-state index contributed by atoms with van der Waals surface area (Å²) < 4.78 is 0. The zero-order chi connectivity index (χ0) is 13.3. The largest absolute Gasteiger partial charge is 0.311 e. The van der Waals surface area contributed by atoms with E-state index in [0.29, 0.717) is 0 Å². The maximum Gasteiger partial charge on any atom is 0.134 e. The van der Waals surface area contributed by atoms with E-state index in [1.807, 2.05) is 48.8 Å². The van der Waals surface area contributed by atoms with E-state index in [2.05, 4.69) is 21.8 Å². The van der Waals surface area contributed by atoms with Crippen molar-refractivity contribution in [1.29, 1.82) is 0 Å². The highest BCUT2D eigenvalue weighted by Crippen LogP contribution is 2.21. The van der Waals surface area contributed by atoms with Crippen LogP contribution in [0.25, 0.3) is 0 Å². The first-order valence-electron chi connectivity index (χ1n) is 7.01. The van der Waals surface area contributed by atoms with E-state index in [1.165, 1.54) is 25.7 Å². The smallest absolute Gasteiger partial charge is 0.134 e. The summed E-state index contributed by atoms with van der Waals surface area (Å²) in [7, 11) is 0. The van der Waals surface area contributed by atoms with Crippen LogP contribution in [0.2, 0.25) is 0 Å². The van der Waals surface area contributed by atoms with Gasteiger partial charge in [-0.1, -0.05) is 38.3 Å². The Morgan fingerprint density at radius 1 is 0.842 bits per heavy atom. The van der Waals surface area contributed by atoms with E-state index in [9.17, 15) is 0 Å². The van der Waals surface area contributed by atoms with Gasteiger partial charge in [0.15, 0.2) is 0 Å². The molecule has 2 aromatic heterocycles. The minimum atomic E-state index is 0.966. The van der Waals surface area contributed by atoms with Crippen LogP contribution in [-0.4, -0.2) is 16.5 Å². The van der Waals surface area contributed by atoms with Crippen molar-refractivity contribution in [2.45, 2.75) is 32.6 Å². The molecule has 0 radical (unpaired) electrons. The number of hydrogen-bond acceptors (Lipinski definition) is 3. The predicted octanol–water partition coefficient (Wildman–Crippen LogP) is 4.20. The topological polar surface area (TPSA) is 29.0 Å². The Kier molecular flexibility index (Phi) is 5.35. The Hall–Kier alpha value is -1.90. The molecular formula is C16H21N3. The molecule has 100 valence electrons. The minimum absolute atomic E-state index is 0.966. The molecule has 0 saturated carbocycles. The molecule has 0 saturated heterocycles. The average molecular weight is 255 g/mol. The van der Waals surface area contributed by atoms with Crippen LogP contribution in [0.4, 0.5) is 11.6 Å². The van der Waals surface area contributed by atoms with Crippen LogP contribution >= 0.6 is 0 Å². The molecule has 0 amide bonds. The molecule has 0 fully saturated rings. The van der Waals surface area contributed by atoms with Crippen LogP contribution < -0.4 is 4.90 Å². The number of unbranched alkanes of at least 4 members (excludes halogenated alkanes) is 3. The Labute approximate surface area is 115 Å². The number of aromatic nitrogens is 2. The predicted molar refractivity (Wildman–Crippen MR) is 79.6 cm³/mol. The van der Waals surface area contributed by atoms with Gasteiger partial charge in [-0.25, -0.2) is 9.97 Å². The first kappa shape index (κ1) is 13.5. The molecule has 0 aromatic carbocycles. The van der Waals surface area contributed by atoms with Gasteiger partial charge in [0.25, 0.3) is 0 Å². The second kappa shape index (κ2) is 7.52. The van der Waals surface area contributed by atoms with Gasteiger partial charge in [-0.15, -0.1) is 0 Å². The molecule has 0 aliphatic heterocycles. The van der Waals surface area contributed by atoms with Gasteiger partial charge in [0.05, 0.1) is 0 Å². The Morgan fingerprint density at radius 2 is 1.47 bits per heavy atom. The third-order valence-corrected chi connectivity index (χ3v) is 3.09. The average Bonchev–Trinajstić information content (AvgIpc) is 2.49. The lowest BCUT2D eigenvalue weighted by Crippen LogP contribution is -2.20. The standard InChI is InChI=1S/C16H21N3/c1-2-3-4-9-14-19(15-10-5-7-12-17-15)16-11-6-8-13-18-16/h5-8,10-13H,2-4,9,14H2,1H3. The van der Waals surface area contributed by atoms with Crippen molar-refractivity contribution in [3.63, 3.8) is 0 Å². The zero-order valence-electron chi connectivity index (χ0n) is 11.5. The van der Waals surface area contributed by atoms with Crippen LogP contribution in [0.5, 0.6) is 0 Å². The molecule has 0 aliphatic rings. The molecule has 3 heteroatoms. The third-order valence-electron chi connectivity index (χ3n) is 3.09. The van der Waals surface area contributed by atoms with Crippen molar-refractivity contribution in [3.8, 4) is 0 Å². The molecule has 3 nitrogen and oxygen atoms in total. The lowest BCUT2D eigenvalue weighted by atomic mass is 10.2. The molecule has 2 heterocycles. The van der Waals surface area contributed by atoms with Gasteiger partial charge in [-0.2, -0.15) is 0 Å². The molecule has 0 spiro atoms. The SMILES string of the molecule is CCCCCCN(c1ccccn1)c1ccccn1. The van der Waals surface area contributed by atoms with E-state index < -0.39 is 0 Å². The van der Waals surface area contributed by atoms with Crippen molar-refractivity contribution in [3.05, 3.63) is 48.8 Å². The summed E-state index contributed by atoms with van der Waals surface area (Å²) in [6, 6.07) is 12.0. The lowest BCUT2D eigenvalue weighted by molar-refractivity contribution is 0.664. The molecule has 2 aromatic rings. The summed E-state index contributed by atoms with van der Waals surface area (Å²) >= 11 is 0. The van der Waals surface area contributed by atoms with Crippen molar-refractivity contribution in [2.75, 3.05) is 11.4 Å². The number of rotatable bonds is 7. The van der Waals surface area contributed by atoms with E-state index in [1.54, 1.807) is 0 Å². The first-order valence-corrected chi connectivity index (χ1v) is 7.01. The molecule has 0 unspecified atom stereocenters. The highest BCUT2D eigenvalue weighted by Gasteiger charge is 2.10. The number of anilines is 2. The Morgan fingerprint density at radius 3 is 1.95 bits per heavy atom.